The lowest BCUT2D eigenvalue weighted by Gasteiger charge is -2.12. The Morgan fingerprint density at radius 1 is 1.14 bits per heavy atom. The molecule has 1 aromatic heterocycles. The van der Waals surface area contributed by atoms with Gasteiger partial charge in [-0.25, -0.2) is 4.79 Å². The van der Waals surface area contributed by atoms with Gasteiger partial charge in [0.1, 0.15) is 0 Å². The van der Waals surface area contributed by atoms with Crippen molar-refractivity contribution in [2.45, 2.75) is 6.18 Å². The molecule has 0 atom stereocenters. The molecule has 1 heterocycles. The first-order valence-electron chi connectivity index (χ1n) is 7.79. The molecule has 0 aliphatic heterocycles. The second kappa shape index (κ2) is 7.73. The Kier molecular flexibility index (Phi) is 5.53. The van der Waals surface area contributed by atoms with E-state index in [1.807, 2.05) is 0 Å². The largest absolute Gasteiger partial charge is 0.438 e. The number of para-hydroxylation sites is 1. The number of ether oxygens (including phenoxy) is 1. The first kappa shape index (κ1) is 20.0. The first-order valence-corrected chi connectivity index (χ1v) is 8.55. The fraction of sp³-hybridized carbons (Fsp3) is 0.111. The summed E-state index contributed by atoms with van der Waals surface area (Å²) in [6, 6.07) is 11.6. The van der Waals surface area contributed by atoms with Gasteiger partial charge < -0.3 is 4.74 Å². The molecule has 0 unspecified atom stereocenters. The van der Waals surface area contributed by atoms with Crippen molar-refractivity contribution in [2.24, 2.45) is 7.05 Å². The summed E-state index contributed by atoms with van der Waals surface area (Å²) < 4.78 is 44.7. The fourth-order valence-corrected chi connectivity index (χ4v) is 2.78. The van der Waals surface area contributed by atoms with Crippen molar-refractivity contribution in [3.05, 3.63) is 64.4 Å². The summed E-state index contributed by atoms with van der Waals surface area (Å²) in [5.74, 6) is -0.695. The van der Waals surface area contributed by atoms with Gasteiger partial charge in [0.15, 0.2) is 5.75 Å². The number of aryl methyl sites for hydroxylation is 1. The number of carbonyl (C=O) groups is 1. The zero-order valence-corrected chi connectivity index (χ0v) is 15.7. The third-order valence-electron chi connectivity index (χ3n) is 3.66. The van der Waals surface area contributed by atoms with E-state index in [0.717, 1.165) is 10.9 Å². The Balaban J connectivity index is 1.85. The van der Waals surface area contributed by atoms with Crippen LogP contribution in [0.25, 0.3) is 11.1 Å². The predicted molar refractivity (Wildman–Crippen MR) is 99.8 cm³/mol. The van der Waals surface area contributed by atoms with E-state index in [1.54, 1.807) is 42.5 Å². The van der Waals surface area contributed by atoms with E-state index in [2.05, 4.69) is 10.4 Å². The minimum atomic E-state index is -4.76. The van der Waals surface area contributed by atoms with Crippen LogP contribution in [-0.2, 0) is 13.2 Å². The number of rotatable bonds is 3. The van der Waals surface area contributed by atoms with Crippen LogP contribution in [0.4, 0.5) is 23.7 Å². The molecule has 3 aromatic rings. The van der Waals surface area contributed by atoms with Crippen molar-refractivity contribution >= 4 is 35.0 Å². The lowest BCUT2D eigenvalue weighted by molar-refractivity contribution is -0.142. The second-order valence-electron chi connectivity index (χ2n) is 5.70. The standard InChI is InChI=1S/C18H12Cl2F3N3O2/c1-26-9-15(16(25-26)18(21,22)23)28-17(27)24-14-5-3-2-4-11(14)10-6-7-12(19)13(20)8-10/h2-9H,1H3,(H,24,27). The maximum Gasteiger partial charge on any atom is 0.438 e. The Morgan fingerprint density at radius 2 is 1.86 bits per heavy atom. The lowest BCUT2D eigenvalue weighted by atomic mass is 10.0. The summed E-state index contributed by atoms with van der Waals surface area (Å²) in [7, 11) is 1.29. The number of nitrogens with zero attached hydrogens (tertiary/aromatic N) is 2. The molecule has 0 radical (unpaired) electrons. The molecule has 2 aromatic carbocycles. The average Bonchev–Trinajstić information content (AvgIpc) is 2.98. The third-order valence-corrected chi connectivity index (χ3v) is 4.40. The van der Waals surface area contributed by atoms with Gasteiger partial charge in [-0.2, -0.15) is 18.3 Å². The Bertz CT molecular complexity index is 1040. The predicted octanol–water partition coefficient (Wildman–Crippen LogP) is 6.02. The van der Waals surface area contributed by atoms with E-state index in [4.69, 9.17) is 27.9 Å². The van der Waals surface area contributed by atoms with Crippen LogP contribution in [0, 0.1) is 0 Å². The summed E-state index contributed by atoms with van der Waals surface area (Å²) in [4.78, 5) is 12.2. The third kappa shape index (κ3) is 4.40. The second-order valence-corrected chi connectivity index (χ2v) is 6.52. The molecular formula is C18H12Cl2F3N3O2. The van der Waals surface area contributed by atoms with Gasteiger partial charge in [-0.15, -0.1) is 0 Å². The molecule has 1 amide bonds. The number of halogens is 5. The molecule has 0 aliphatic rings. The Labute approximate surface area is 167 Å². The molecule has 0 saturated carbocycles. The topological polar surface area (TPSA) is 56.1 Å². The van der Waals surface area contributed by atoms with Crippen LogP contribution < -0.4 is 10.1 Å². The highest BCUT2D eigenvalue weighted by Crippen LogP contribution is 2.36. The quantitative estimate of drug-likeness (QED) is 0.553. The Morgan fingerprint density at radius 3 is 2.54 bits per heavy atom. The zero-order valence-electron chi connectivity index (χ0n) is 14.2. The Hall–Kier alpha value is -2.71. The van der Waals surface area contributed by atoms with Gasteiger partial charge in [-0.05, 0) is 23.8 Å². The first-order chi connectivity index (χ1) is 13.1. The SMILES string of the molecule is Cn1cc(OC(=O)Nc2ccccc2-c2ccc(Cl)c(Cl)c2)c(C(F)(F)F)n1. The molecule has 10 heteroatoms. The minimum Gasteiger partial charge on any atom is -0.406 e. The van der Waals surface area contributed by atoms with Gasteiger partial charge in [0, 0.05) is 12.6 Å². The van der Waals surface area contributed by atoms with Crippen molar-refractivity contribution in [1.82, 2.24) is 9.78 Å². The van der Waals surface area contributed by atoms with Crippen LogP contribution >= 0.6 is 23.2 Å². The molecule has 0 saturated heterocycles. The maximum atomic E-state index is 13.0. The minimum absolute atomic E-state index is 0.321. The van der Waals surface area contributed by atoms with E-state index in [9.17, 15) is 18.0 Å². The maximum absolute atomic E-state index is 13.0. The molecule has 146 valence electrons. The van der Waals surface area contributed by atoms with Crippen LogP contribution in [0.3, 0.4) is 0 Å². The molecule has 1 N–H and O–H groups in total. The number of alkyl halides is 3. The van der Waals surface area contributed by atoms with E-state index in [-0.39, 0.29) is 0 Å². The van der Waals surface area contributed by atoms with Gasteiger partial charge in [0.2, 0.25) is 5.69 Å². The van der Waals surface area contributed by atoms with Gasteiger partial charge in [-0.3, -0.25) is 10.00 Å². The molecule has 0 bridgehead atoms. The molecule has 28 heavy (non-hydrogen) atoms. The fourth-order valence-electron chi connectivity index (χ4n) is 2.48. The molecule has 3 rings (SSSR count). The molecule has 0 aliphatic carbocycles. The van der Waals surface area contributed by atoms with Crippen molar-refractivity contribution < 1.29 is 22.7 Å². The van der Waals surface area contributed by atoms with E-state index >= 15 is 0 Å². The van der Waals surface area contributed by atoms with Crippen molar-refractivity contribution in [3.8, 4) is 16.9 Å². The van der Waals surface area contributed by atoms with Gasteiger partial charge in [-0.1, -0.05) is 47.5 Å². The molecule has 0 fully saturated rings. The number of carbonyl (C=O) groups excluding carboxylic acids is 1. The van der Waals surface area contributed by atoms with E-state index in [0.29, 0.717) is 26.9 Å². The smallest absolute Gasteiger partial charge is 0.406 e. The molecule has 5 nitrogen and oxygen atoms in total. The summed E-state index contributed by atoms with van der Waals surface area (Å²) in [5.41, 5.74) is 0.272. The zero-order chi connectivity index (χ0) is 20.5. The summed E-state index contributed by atoms with van der Waals surface area (Å²) in [6.45, 7) is 0. The van der Waals surface area contributed by atoms with Crippen LogP contribution in [-0.4, -0.2) is 15.9 Å². The monoisotopic (exact) mass is 429 g/mol. The number of hydrogen-bond donors (Lipinski definition) is 1. The van der Waals surface area contributed by atoms with Gasteiger partial charge in [0.25, 0.3) is 0 Å². The van der Waals surface area contributed by atoms with Gasteiger partial charge in [0.05, 0.1) is 21.9 Å². The molecular weight excluding hydrogens is 418 g/mol. The van der Waals surface area contributed by atoms with Crippen molar-refractivity contribution in [1.29, 1.82) is 0 Å². The highest BCUT2D eigenvalue weighted by Gasteiger charge is 2.38. The molecule has 0 spiro atoms. The highest BCUT2D eigenvalue weighted by atomic mass is 35.5. The highest BCUT2D eigenvalue weighted by molar-refractivity contribution is 6.42. The number of amides is 1. The van der Waals surface area contributed by atoms with Crippen LogP contribution in [0.15, 0.2) is 48.7 Å². The van der Waals surface area contributed by atoms with Crippen LogP contribution in [0.2, 0.25) is 10.0 Å². The number of anilines is 1. The summed E-state index contributed by atoms with van der Waals surface area (Å²) in [6.07, 6.45) is -4.88. The number of benzene rings is 2. The summed E-state index contributed by atoms with van der Waals surface area (Å²) >= 11 is 11.9. The summed E-state index contributed by atoms with van der Waals surface area (Å²) in [5, 5.41) is 6.41. The number of hydrogen-bond acceptors (Lipinski definition) is 3. The number of nitrogens with one attached hydrogen (secondary N) is 1. The number of aromatic nitrogens is 2. The normalized spacial score (nSPS) is 11.4. The van der Waals surface area contributed by atoms with E-state index in [1.165, 1.54) is 7.05 Å². The lowest BCUT2D eigenvalue weighted by Crippen LogP contribution is -2.19. The van der Waals surface area contributed by atoms with Gasteiger partial charge >= 0.3 is 12.3 Å². The van der Waals surface area contributed by atoms with E-state index < -0.39 is 23.7 Å². The van der Waals surface area contributed by atoms with Crippen molar-refractivity contribution in [2.75, 3.05) is 5.32 Å². The van der Waals surface area contributed by atoms with Crippen molar-refractivity contribution in [3.63, 3.8) is 0 Å². The average molecular weight is 430 g/mol. The van der Waals surface area contributed by atoms with Crippen LogP contribution in [0.5, 0.6) is 5.75 Å². The van der Waals surface area contributed by atoms with Crippen LogP contribution in [0.1, 0.15) is 5.69 Å².